The molecule has 0 N–H and O–H groups in total. The minimum Gasteiger partial charge on any atom is -0.329 e. The lowest BCUT2D eigenvalue weighted by Gasteiger charge is -2.27. The molecule has 0 aromatic heterocycles. The fraction of sp³-hybridized carbons (Fsp3) is 0.364. The van der Waals surface area contributed by atoms with Crippen molar-refractivity contribution in [3.63, 3.8) is 0 Å². The summed E-state index contributed by atoms with van der Waals surface area (Å²) in [5.41, 5.74) is 0.677. The quantitative estimate of drug-likeness (QED) is 0.842. The van der Waals surface area contributed by atoms with Gasteiger partial charge in [-0.25, -0.2) is 0 Å². The van der Waals surface area contributed by atoms with E-state index in [1.54, 1.807) is 12.1 Å². The van der Waals surface area contributed by atoms with E-state index in [4.69, 9.17) is 0 Å². The fourth-order valence-corrected chi connectivity index (χ4v) is 3.55. The number of hydrogen-bond acceptors (Lipinski definition) is 3. The van der Waals surface area contributed by atoms with Crippen molar-refractivity contribution in [2.24, 2.45) is 10.3 Å². The van der Waals surface area contributed by atoms with Crippen LogP contribution in [0.1, 0.15) is 13.8 Å². The number of nitrogens with zero attached hydrogens (tertiary/aromatic N) is 2. The standard InChI is InChI=1S/C11H13BrN2O2S/c1-8(2)6-14-7-13-17(15,16)10-5-3-4-9(12)11(10)14/h3-5,7-8H,6H2,1-2H3. The predicted molar refractivity (Wildman–Crippen MR) is 72.0 cm³/mol. The van der Waals surface area contributed by atoms with Gasteiger partial charge in [0.2, 0.25) is 0 Å². The van der Waals surface area contributed by atoms with Crippen LogP contribution in [0.3, 0.4) is 0 Å². The molecule has 0 bridgehead atoms. The first-order chi connectivity index (χ1) is 7.92. The normalized spacial score (nSPS) is 17.3. The van der Waals surface area contributed by atoms with Crippen molar-refractivity contribution < 1.29 is 8.42 Å². The first-order valence-corrected chi connectivity index (χ1v) is 7.51. The van der Waals surface area contributed by atoms with Gasteiger partial charge < -0.3 is 4.90 Å². The molecule has 1 aromatic carbocycles. The van der Waals surface area contributed by atoms with Gasteiger partial charge in [0, 0.05) is 11.0 Å². The summed E-state index contributed by atoms with van der Waals surface area (Å²) >= 11 is 3.40. The third-order valence-electron chi connectivity index (χ3n) is 2.40. The first-order valence-electron chi connectivity index (χ1n) is 5.27. The van der Waals surface area contributed by atoms with Gasteiger partial charge in [-0.3, -0.25) is 0 Å². The van der Waals surface area contributed by atoms with E-state index in [0.717, 1.165) is 11.0 Å². The van der Waals surface area contributed by atoms with Crippen LogP contribution in [0.2, 0.25) is 0 Å². The average Bonchev–Trinajstić information content (AvgIpc) is 2.22. The Balaban J connectivity index is 2.59. The van der Waals surface area contributed by atoms with E-state index >= 15 is 0 Å². The summed E-state index contributed by atoms with van der Waals surface area (Å²) in [6.07, 6.45) is 1.39. The largest absolute Gasteiger partial charge is 0.329 e. The van der Waals surface area contributed by atoms with Gasteiger partial charge in [0.1, 0.15) is 11.2 Å². The number of fused-ring (bicyclic) bond motifs is 1. The highest BCUT2D eigenvalue weighted by molar-refractivity contribution is 9.10. The van der Waals surface area contributed by atoms with E-state index in [9.17, 15) is 8.42 Å². The maximum Gasteiger partial charge on any atom is 0.285 e. The minimum absolute atomic E-state index is 0.259. The molecule has 1 aliphatic heterocycles. The van der Waals surface area contributed by atoms with E-state index < -0.39 is 10.0 Å². The number of para-hydroxylation sites is 1. The molecule has 0 spiro atoms. The molecule has 6 heteroatoms. The topological polar surface area (TPSA) is 49.7 Å². The molecular formula is C11H13BrN2O2S. The van der Waals surface area contributed by atoms with Crippen LogP contribution >= 0.6 is 15.9 Å². The number of halogens is 1. The summed E-state index contributed by atoms with van der Waals surface area (Å²) < 4.78 is 28.0. The highest BCUT2D eigenvalue weighted by Gasteiger charge is 2.27. The van der Waals surface area contributed by atoms with Crippen LogP contribution in [0.5, 0.6) is 0 Å². The van der Waals surface area contributed by atoms with Crippen molar-refractivity contribution >= 4 is 38.0 Å². The molecule has 1 aromatic rings. The molecule has 0 atom stereocenters. The fourth-order valence-electron chi connectivity index (χ4n) is 1.75. The van der Waals surface area contributed by atoms with Gasteiger partial charge in [-0.15, -0.1) is 4.40 Å². The maximum absolute atomic E-state index is 11.8. The van der Waals surface area contributed by atoms with Crippen molar-refractivity contribution in [2.45, 2.75) is 18.7 Å². The highest BCUT2D eigenvalue weighted by atomic mass is 79.9. The Bertz CT molecular complexity index is 567. The molecule has 0 fully saturated rings. The lowest BCUT2D eigenvalue weighted by Crippen LogP contribution is -2.31. The van der Waals surface area contributed by atoms with Gasteiger partial charge in [-0.05, 0) is 34.0 Å². The van der Waals surface area contributed by atoms with Crippen LogP contribution in [-0.2, 0) is 10.0 Å². The second-order valence-corrected chi connectivity index (χ2v) is 6.78. The summed E-state index contributed by atoms with van der Waals surface area (Å²) in [7, 11) is -3.54. The Kier molecular flexibility index (Phi) is 3.27. The van der Waals surface area contributed by atoms with Crippen molar-refractivity contribution in [1.82, 2.24) is 0 Å². The summed E-state index contributed by atoms with van der Waals surface area (Å²) in [5, 5.41) is 0. The molecule has 17 heavy (non-hydrogen) atoms. The van der Waals surface area contributed by atoms with E-state index in [1.165, 1.54) is 6.34 Å². The number of anilines is 1. The van der Waals surface area contributed by atoms with Gasteiger partial charge in [-0.2, -0.15) is 8.42 Å². The lowest BCUT2D eigenvalue weighted by molar-refractivity contribution is 0.595. The van der Waals surface area contributed by atoms with Crippen LogP contribution in [0.25, 0.3) is 0 Å². The van der Waals surface area contributed by atoms with Crippen LogP contribution < -0.4 is 4.90 Å². The summed E-state index contributed by atoms with van der Waals surface area (Å²) in [4.78, 5) is 2.13. The highest BCUT2D eigenvalue weighted by Crippen LogP contribution is 2.36. The zero-order valence-electron chi connectivity index (χ0n) is 9.59. The van der Waals surface area contributed by atoms with E-state index in [-0.39, 0.29) is 4.90 Å². The minimum atomic E-state index is -3.54. The lowest BCUT2D eigenvalue weighted by atomic mass is 10.2. The van der Waals surface area contributed by atoms with E-state index in [2.05, 4.69) is 34.2 Å². The molecule has 1 heterocycles. The van der Waals surface area contributed by atoms with E-state index in [1.807, 2.05) is 11.0 Å². The van der Waals surface area contributed by atoms with Crippen molar-refractivity contribution in [3.8, 4) is 0 Å². The van der Waals surface area contributed by atoms with Gasteiger partial charge in [-0.1, -0.05) is 19.9 Å². The molecule has 0 amide bonds. The Labute approximate surface area is 110 Å². The van der Waals surface area contributed by atoms with Crippen molar-refractivity contribution in [1.29, 1.82) is 0 Å². The van der Waals surface area contributed by atoms with Crippen LogP contribution in [-0.4, -0.2) is 21.3 Å². The smallest absolute Gasteiger partial charge is 0.285 e. The molecule has 0 radical (unpaired) electrons. The molecular weight excluding hydrogens is 304 g/mol. The van der Waals surface area contributed by atoms with Crippen LogP contribution in [0, 0.1) is 5.92 Å². The second kappa shape index (κ2) is 4.42. The Hall–Kier alpha value is -0.880. The predicted octanol–water partition coefficient (Wildman–Crippen LogP) is 2.64. The Morgan fingerprint density at radius 1 is 1.41 bits per heavy atom. The number of sulfonamides is 1. The van der Waals surface area contributed by atoms with Gasteiger partial charge in [0.05, 0.1) is 5.69 Å². The summed E-state index contributed by atoms with van der Waals surface area (Å²) in [6.45, 7) is 4.88. The molecule has 2 rings (SSSR count). The summed E-state index contributed by atoms with van der Waals surface area (Å²) in [5.74, 6) is 0.419. The zero-order chi connectivity index (χ0) is 12.6. The third-order valence-corrected chi connectivity index (χ3v) is 4.30. The van der Waals surface area contributed by atoms with Gasteiger partial charge in [0.25, 0.3) is 10.0 Å². The van der Waals surface area contributed by atoms with Crippen molar-refractivity contribution in [3.05, 3.63) is 22.7 Å². The molecule has 1 aliphatic rings. The molecule has 0 aliphatic carbocycles. The Morgan fingerprint density at radius 2 is 2.12 bits per heavy atom. The average molecular weight is 317 g/mol. The zero-order valence-corrected chi connectivity index (χ0v) is 12.0. The van der Waals surface area contributed by atoms with Gasteiger partial charge >= 0.3 is 0 Å². The number of benzene rings is 1. The van der Waals surface area contributed by atoms with Gasteiger partial charge in [0.15, 0.2) is 0 Å². The maximum atomic E-state index is 11.8. The molecule has 4 nitrogen and oxygen atoms in total. The third kappa shape index (κ3) is 2.37. The molecule has 0 saturated carbocycles. The SMILES string of the molecule is CC(C)CN1C=NS(=O)(=O)c2cccc(Br)c21. The number of hydrogen-bond donors (Lipinski definition) is 0. The van der Waals surface area contributed by atoms with Crippen LogP contribution in [0.15, 0.2) is 32.0 Å². The second-order valence-electron chi connectivity index (χ2n) is 4.33. The first kappa shape index (κ1) is 12.6. The summed E-state index contributed by atoms with van der Waals surface area (Å²) in [6, 6.07) is 5.12. The van der Waals surface area contributed by atoms with Crippen molar-refractivity contribution in [2.75, 3.05) is 11.4 Å². The molecule has 0 unspecified atom stereocenters. The number of rotatable bonds is 2. The van der Waals surface area contributed by atoms with Crippen LogP contribution in [0.4, 0.5) is 5.69 Å². The Morgan fingerprint density at radius 3 is 2.76 bits per heavy atom. The monoisotopic (exact) mass is 316 g/mol. The van der Waals surface area contributed by atoms with E-state index in [0.29, 0.717) is 11.6 Å². The molecule has 92 valence electrons. The molecule has 0 saturated heterocycles.